The predicted octanol–water partition coefficient (Wildman–Crippen LogP) is 6.57. The maximum Gasteiger partial charge on any atom is 0.201 e. The van der Waals surface area contributed by atoms with Gasteiger partial charge in [-0.2, -0.15) is 4.39 Å². The fourth-order valence-electron chi connectivity index (χ4n) is 3.80. The lowest BCUT2D eigenvalue weighted by Gasteiger charge is -2.26. The van der Waals surface area contributed by atoms with Crippen molar-refractivity contribution in [1.29, 1.82) is 0 Å². The number of halogens is 2. The molecule has 0 aliphatic heterocycles. The fraction of sp³-hybridized carbons (Fsp3) is 0.391. The van der Waals surface area contributed by atoms with E-state index in [0.29, 0.717) is 24.0 Å². The molecule has 0 unspecified atom stereocenters. The van der Waals surface area contributed by atoms with Gasteiger partial charge in [0.1, 0.15) is 0 Å². The van der Waals surface area contributed by atoms with Crippen LogP contribution in [0.1, 0.15) is 38.2 Å². The zero-order valence-electron chi connectivity index (χ0n) is 15.3. The van der Waals surface area contributed by atoms with E-state index >= 15 is 0 Å². The molecule has 26 heavy (non-hydrogen) atoms. The number of hydrogen-bond acceptors (Lipinski definition) is 1. The summed E-state index contributed by atoms with van der Waals surface area (Å²) in [6.45, 7) is 5.94. The topological polar surface area (TPSA) is 9.23 Å². The zero-order chi connectivity index (χ0) is 18.5. The second kappa shape index (κ2) is 8.48. The van der Waals surface area contributed by atoms with Gasteiger partial charge < -0.3 is 4.74 Å². The average Bonchev–Trinajstić information content (AvgIpc) is 2.67. The molecule has 1 saturated carbocycles. The Balaban J connectivity index is 1.70. The molecule has 2 aromatic carbocycles. The molecule has 138 valence electrons. The van der Waals surface area contributed by atoms with Crippen molar-refractivity contribution >= 4 is 0 Å². The molecule has 0 amide bonds. The minimum absolute atomic E-state index is 0.0412. The maximum absolute atomic E-state index is 14.4. The number of benzene rings is 2. The molecule has 1 fully saturated rings. The van der Waals surface area contributed by atoms with E-state index in [9.17, 15) is 8.78 Å². The SMILES string of the molecule is C=CC1CCC(Cc2ccc(-c3ccc(OCC)c(F)c3F)cc2)CC1. The van der Waals surface area contributed by atoms with Gasteiger partial charge in [-0.25, -0.2) is 4.39 Å². The fourth-order valence-corrected chi connectivity index (χ4v) is 3.80. The van der Waals surface area contributed by atoms with E-state index in [0.717, 1.165) is 6.42 Å². The largest absolute Gasteiger partial charge is 0.491 e. The first-order chi connectivity index (χ1) is 12.6. The number of allylic oxidation sites excluding steroid dienone is 1. The molecule has 3 rings (SSSR count). The Bertz CT molecular complexity index is 744. The van der Waals surface area contributed by atoms with Crippen LogP contribution in [0.4, 0.5) is 8.78 Å². The van der Waals surface area contributed by atoms with Crippen LogP contribution in [0.2, 0.25) is 0 Å². The highest BCUT2D eigenvalue weighted by molar-refractivity contribution is 5.65. The van der Waals surface area contributed by atoms with Crippen molar-refractivity contribution in [2.75, 3.05) is 6.61 Å². The molecule has 0 spiro atoms. The molecule has 0 radical (unpaired) electrons. The van der Waals surface area contributed by atoms with Gasteiger partial charge in [0.25, 0.3) is 0 Å². The Morgan fingerprint density at radius 1 is 1.00 bits per heavy atom. The van der Waals surface area contributed by atoms with Crippen LogP contribution in [-0.4, -0.2) is 6.61 Å². The van der Waals surface area contributed by atoms with Crippen molar-refractivity contribution in [3.05, 3.63) is 66.3 Å². The second-order valence-corrected chi connectivity index (χ2v) is 7.09. The van der Waals surface area contributed by atoms with Crippen LogP contribution in [0.3, 0.4) is 0 Å². The summed E-state index contributed by atoms with van der Waals surface area (Å²) >= 11 is 0. The summed E-state index contributed by atoms with van der Waals surface area (Å²) in [6, 6.07) is 10.9. The van der Waals surface area contributed by atoms with Gasteiger partial charge >= 0.3 is 0 Å². The molecule has 0 N–H and O–H groups in total. The predicted molar refractivity (Wildman–Crippen MR) is 102 cm³/mol. The number of rotatable bonds is 6. The first-order valence-corrected chi connectivity index (χ1v) is 9.45. The van der Waals surface area contributed by atoms with Crippen LogP contribution in [0.15, 0.2) is 49.1 Å². The molecule has 0 bridgehead atoms. The monoisotopic (exact) mass is 356 g/mol. The molecule has 0 atom stereocenters. The van der Waals surface area contributed by atoms with Gasteiger partial charge in [-0.3, -0.25) is 0 Å². The highest BCUT2D eigenvalue weighted by atomic mass is 19.2. The molecule has 1 aliphatic carbocycles. The van der Waals surface area contributed by atoms with Gasteiger partial charge in [-0.1, -0.05) is 30.3 Å². The Kier molecular flexibility index (Phi) is 6.08. The second-order valence-electron chi connectivity index (χ2n) is 7.09. The molecule has 1 aliphatic rings. The van der Waals surface area contributed by atoms with Gasteiger partial charge in [-0.15, -0.1) is 6.58 Å². The van der Waals surface area contributed by atoms with Gasteiger partial charge in [0, 0.05) is 5.56 Å². The lowest BCUT2D eigenvalue weighted by Crippen LogP contribution is -2.14. The van der Waals surface area contributed by atoms with Crippen LogP contribution >= 0.6 is 0 Å². The molecule has 0 saturated heterocycles. The molecule has 0 heterocycles. The quantitative estimate of drug-likeness (QED) is 0.532. The first-order valence-electron chi connectivity index (χ1n) is 9.45. The Morgan fingerprint density at radius 2 is 1.69 bits per heavy atom. The smallest absolute Gasteiger partial charge is 0.201 e. The molecular weight excluding hydrogens is 330 g/mol. The Hall–Kier alpha value is -2.16. The third-order valence-electron chi connectivity index (χ3n) is 5.36. The highest BCUT2D eigenvalue weighted by Gasteiger charge is 2.20. The summed E-state index contributed by atoms with van der Waals surface area (Å²) in [5.74, 6) is -0.442. The van der Waals surface area contributed by atoms with Crippen molar-refractivity contribution < 1.29 is 13.5 Å². The normalized spacial score (nSPS) is 20.0. The van der Waals surface area contributed by atoms with Crippen LogP contribution < -0.4 is 4.74 Å². The van der Waals surface area contributed by atoms with Gasteiger partial charge in [-0.05, 0) is 74.1 Å². The minimum atomic E-state index is -0.924. The van der Waals surface area contributed by atoms with Crippen molar-refractivity contribution in [1.82, 2.24) is 0 Å². The summed E-state index contributed by atoms with van der Waals surface area (Å²) in [6.07, 6.45) is 8.04. The standard InChI is InChI=1S/C23H26F2O/c1-3-16-5-7-17(8-6-16)15-18-9-11-19(12-10-18)20-13-14-21(26-4-2)23(25)22(20)24/h3,9-14,16-17H,1,4-8,15H2,2H3. The van der Waals surface area contributed by atoms with Crippen molar-refractivity contribution in [3.8, 4) is 16.9 Å². The van der Waals surface area contributed by atoms with E-state index in [1.807, 2.05) is 24.3 Å². The van der Waals surface area contributed by atoms with Gasteiger partial charge in [0.15, 0.2) is 11.6 Å². The van der Waals surface area contributed by atoms with Gasteiger partial charge in [0.05, 0.1) is 6.61 Å². The maximum atomic E-state index is 14.4. The van der Waals surface area contributed by atoms with Crippen molar-refractivity contribution in [2.45, 2.75) is 39.0 Å². The molecule has 3 heteroatoms. The third-order valence-corrected chi connectivity index (χ3v) is 5.36. The van der Waals surface area contributed by atoms with Crippen LogP contribution in [0.25, 0.3) is 11.1 Å². The van der Waals surface area contributed by atoms with E-state index in [-0.39, 0.29) is 11.3 Å². The molecule has 2 aromatic rings. The van der Waals surface area contributed by atoms with E-state index in [2.05, 4.69) is 12.7 Å². The third kappa shape index (κ3) is 4.14. The summed E-state index contributed by atoms with van der Waals surface area (Å²) < 4.78 is 33.5. The van der Waals surface area contributed by atoms with E-state index < -0.39 is 11.6 Å². The van der Waals surface area contributed by atoms with E-state index in [1.54, 1.807) is 13.0 Å². The summed E-state index contributed by atoms with van der Waals surface area (Å²) in [5.41, 5.74) is 2.20. The number of ether oxygens (including phenoxy) is 1. The molecule has 1 nitrogen and oxygen atoms in total. The molecular formula is C23H26F2O. The lowest BCUT2D eigenvalue weighted by atomic mass is 9.79. The summed E-state index contributed by atoms with van der Waals surface area (Å²) in [5, 5.41) is 0. The first kappa shape index (κ1) is 18.6. The molecule has 0 aromatic heterocycles. The van der Waals surface area contributed by atoms with E-state index in [1.165, 1.54) is 37.3 Å². The lowest BCUT2D eigenvalue weighted by molar-refractivity contribution is 0.309. The van der Waals surface area contributed by atoms with Crippen molar-refractivity contribution in [3.63, 3.8) is 0 Å². The average molecular weight is 356 g/mol. The van der Waals surface area contributed by atoms with Crippen molar-refractivity contribution in [2.24, 2.45) is 11.8 Å². The van der Waals surface area contributed by atoms with Crippen LogP contribution in [0.5, 0.6) is 5.75 Å². The Morgan fingerprint density at radius 3 is 2.31 bits per heavy atom. The zero-order valence-corrected chi connectivity index (χ0v) is 15.3. The summed E-state index contributed by atoms with van der Waals surface area (Å²) in [7, 11) is 0. The number of hydrogen-bond donors (Lipinski definition) is 0. The van der Waals surface area contributed by atoms with E-state index in [4.69, 9.17) is 4.74 Å². The highest BCUT2D eigenvalue weighted by Crippen LogP contribution is 2.33. The summed E-state index contributed by atoms with van der Waals surface area (Å²) in [4.78, 5) is 0. The minimum Gasteiger partial charge on any atom is -0.491 e. The van der Waals surface area contributed by atoms with Gasteiger partial charge in [0.2, 0.25) is 5.82 Å². The van der Waals surface area contributed by atoms with Crippen LogP contribution in [0, 0.1) is 23.5 Å². The van der Waals surface area contributed by atoms with Crippen LogP contribution in [-0.2, 0) is 6.42 Å². The Labute approximate surface area is 154 Å².